The van der Waals surface area contributed by atoms with Gasteiger partial charge in [0.15, 0.2) is 0 Å². The molecule has 0 fully saturated rings. The number of nitrogens with one attached hydrogen (secondary N) is 1. The van der Waals surface area contributed by atoms with E-state index < -0.39 is 0 Å². The molecule has 1 aliphatic rings. The summed E-state index contributed by atoms with van der Waals surface area (Å²) in [4.78, 5) is 0. The van der Waals surface area contributed by atoms with Crippen molar-refractivity contribution >= 4 is 0 Å². The Balaban J connectivity index is 1.74. The van der Waals surface area contributed by atoms with Crippen LogP contribution in [-0.2, 0) is 20.0 Å². The minimum atomic E-state index is 0.156. The molecule has 0 amide bonds. The first-order chi connectivity index (χ1) is 9.69. The van der Waals surface area contributed by atoms with E-state index in [9.17, 15) is 0 Å². The second-order valence-corrected chi connectivity index (χ2v) is 5.53. The summed E-state index contributed by atoms with van der Waals surface area (Å²) in [5.74, 6) is 0. The monoisotopic (exact) mass is 270 g/mol. The van der Waals surface area contributed by atoms with E-state index in [1.165, 1.54) is 22.4 Å². The molecule has 0 saturated carbocycles. The predicted octanol–water partition coefficient (Wildman–Crippen LogP) is 2.22. The van der Waals surface area contributed by atoms with Crippen LogP contribution in [0, 0.1) is 0 Å². The first kappa shape index (κ1) is 13.3. The molecule has 1 aliphatic carbocycles. The van der Waals surface area contributed by atoms with Crippen LogP contribution in [0.3, 0.4) is 0 Å². The quantitative estimate of drug-likeness (QED) is 0.895. The molecule has 4 heteroatoms. The van der Waals surface area contributed by atoms with Gasteiger partial charge in [-0.05, 0) is 24.0 Å². The van der Waals surface area contributed by atoms with Crippen LogP contribution in [0.1, 0.15) is 47.8 Å². The highest BCUT2D eigenvalue weighted by molar-refractivity contribution is 5.37. The van der Waals surface area contributed by atoms with Crippen molar-refractivity contribution in [3.05, 3.63) is 52.8 Å². The number of aryl methyl sites for hydroxylation is 2. The van der Waals surface area contributed by atoms with Crippen LogP contribution in [0.2, 0.25) is 0 Å². The first-order valence-corrected chi connectivity index (χ1v) is 7.28. The Bertz CT molecular complexity index is 602. The molecule has 0 spiro atoms. The molecule has 4 nitrogen and oxygen atoms in total. The molecule has 3 N–H and O–H groups in total. The smallest absolute Gasteiger partial charge is 0.0666 e. The van der Waals surface area contributed by atoms with E-state index in [2.05, 4.69) is 47.8 Å². The SMILES string of the molecule is CCc1nn(C)cc1CNC1CC(N)c2ccccc21. The largest absolute Gasteiger partial charge is 0.324 e. The molecule has 1 aromatic heterocycles. The van der Waals surface area contributed by atoms with E-state index in [1.54, 1.807) is 0 Å². The van der Waals surface area contributed by atoms with Crippen LogP contribution in [0.5, 0.6) is 0 Å². The second-order valence-electron chi connectivity index (χ2n) is 5.53. The fourth-order valence-electron chi connectivity index (χ4n) is 3.13. The molecular weight excluding hydrogens is 248 g/mol. The Morgan fingerprint density at radius 1 is 1.35 bits per heavy atom. The van der Waals surface area contributed by atoms with Gasteiger partial charge in [0, 0.05) is 37.4 Å². The average molecular weight is 270 g/mol. The third-order valence-electron chi connectivity index (χ3n) is 4.13. The number of benzene rings is 1. The van der Waals surface area contributed by atoms with E-state index in [-0.39, 0.29) is 6.04 Å². The normalized spacial score (nSPS) is 21.1. The van der Waals surface area contributed by atoms with Crippen LogP contribution in [0.4, 0.5) is 0 Å². The van der Waals surface area contributed by atoms with Crippen molar-refractivity contribution in [2.75, 3.05) is 0 Å². The molecule has 0 aliphatic heterocycles. The van der Waals surface area contributed by atoms with E-state index in [0.29, 0.717) is 6.04 Å². The van der Waals surface area contributed by atoms with Gasteiger partial charge in [0.2, 0.25) is 0 Å². The topological polar surface area (TPSA) is 55.9 Å². The maximum absolute atomic E-state index is 6.21. The summed E-state index contributed by atoms with van der Waals surface area (Å²) in [7, 11) is 1.98. The van der Waals surface area contributed by atoms with E-state index in [4.69, 9.17) is 5.73 Å². The van der Waals surface area contributed by atoms with Crippen LogP contribution in [0.15, 0.2) is 30.5 Å². The van der Waals surface area contributed by atoms with Crippen molar-refractivity contribution in [2.45, 2.75) is 38.4 Å². The fourth-order valence-corrected chi connectivity index (χ4v) is 3.13. The molecule has 2 aromatic rings. The van der Waals surface area contributed by atoms with Crippen molar-refractivity contribution in [2.24, 2.45) is 12.8 Å². The van der Waals surface area contributed by atoms with Gasteiger partial charge in [-0.1, -0.05) is 31.2 Å². The average Bonchev–Trinajstić information content (AvgIpc) is 2.98. The van der Waals surface area contributed by atoms with Crippen molar-refractivity contribution in [3.8, 4) is 0 Å². The van der Waals surface area contributed by atoms with Crippen molar-refractivity contribution in [1.82, 2.24) is 15.1 Å². The van der Waals surface area contributed by atoms with Gasteiger partial charge in [-0.25, -0.2) is 0 Å². The molecule has 0 radical (unpaired) electrons. The highest BCUT2D eigenvalue weighted by Gasteiger charge is 2.27. The summed E-state index contributed by atoms with van der Waals surface area (Å²) in [5.41, 5.74) is 11.3. The van der Waals surface area contributed by atoms with Gasteiger partial charge in [0.05, 0.1) is 5.69 Å². The first-order valence-electron chi connectivity index (χ1n) is 7.28. The van der Waals surface area contributed by atoms with E-state index >= 15 is 0 Å². The minimum Gasteiger partial charge on any atom is -0.324 e. The summed E-state index contributed by atoms with van der Waals surface area (Å²) in [6.07, 6.45) is 4.05. The Hall–Kier alpha value is -1.65. The van der Waals surface area contributed by atoms with Crippen LogP contribution < -0.4 is 11.1 Å². The van der Waals surface area contributed by atoms with Crippen LogP contribution in [0.25, 0.3) is 0 Å². The highest BCUT2D eigenvalue weighted by atomic mass is 15.3. The molecule has 106 valence electrons. The number of hydrogen-bond acceptors (Lipinski definition) is 3. The van der Waals surface area contributed by atoms with Gasteiger partial charge in [-0.15, -0.1) is 0 Å². The molecule has 1 heterocycles. The highest BCUT2D eigenvalue weighted by Crippen LogP contribution is 2.37. The lowest BCUT2D eigenvalue weighted by Gasteiger charge is -2.13. The summed E-state index contributed by atoms with van der Waals surface area (Å²) in [6.45, 7) is 3.00. The van der Waals surface area contributed by atoms with Gasteiger partial charge in [0.25, 0.3) is 0 Å². The Morgan fingerprint density at radius 2 is 2.10 bits per heavy atom. The zero-order valence-corrected chi connectivity index (χ0v) is 12.1. The van der Waals surface area contributed by atoms with Crippen molar-refractivity contribution in [3.63, 3.8) is 0 Å². The minimum absolute atomic E-state index is 0.156. The van der Waals surface area contributed by atoms with Crippen LogP contribution >= 0.6 is 0 Å². The molecule has 2 unspecified atom stereocenters. The van der Waals surface area contributed by atoms with E-state index in [0.717, 1.165) is 19.4 Å². The van der Waals surface area contributed by atoms with Crippen molar-refractivity contribution in [1.29, 1.82) is 0 Å². The lowest BCUT2D eigenvalue weighted by atomic mass is 10.1. The number of aromatic nitrogens is 2. The summed E-state index contributed by atoms with van der Waals surface area (Å²) in [6, 6.07) is 8.99. The summed E-state index contributed by atoms with van der Waals surface area (Å²) in [5, 5.41) is 8.12. The zero-order valence-electron chi connectivity index (χ0n) is 12.1. The van der Waals surface area contributed by atoms with Gasteiger partial charge in [0.1, 0.15) is 0 Å². The second kappa shape index (κ2) is 5.38. The van der Waals surface area contributed by atoms with Crippen LogP contribution in [-0.4, -0.2) is 9.78 Å². The molecule has 0 bridgehead atoms. The third kappa shape index (κ3) is 2.37. The maximum atomic E-state index is 6.21. The van der Waals surface area contributed by atoms with Crippen molar-refractivity contribution < 1.29 is 0 Å². The Labute approximate surface area is 120 Å². The molecular formula is C16H22N4. The summed E-state index contributed by atoms with van der Waals surface area (Å²) < 4.78 is 1.89. The lowest BCUT2D eigenvalue weighted by molar-refractivity contribution is 0.497. The number of nitrogens with two attached hydrogens (primary N) is 1. The zero-order chi connectivity index (χ0) is 14.1. The molecule has 2 atom stereocenters. The fraction of sp³-hybridized carbons (Fsp3) is 0.438. The van der Waals surface area contributed by atoms with Gasteiger partial charge < -0.3 is 11.1 Å². The Kier molecular flexibility index (Phi) is 3.59. The number of hydrogen-bond donors (Lipinski definition) is 2. The van der Waals surface area contributed by atoms with Gasteiger partial charge in [-0.2, -0.15) is 5.10 Å². The van der Waals surface area contributed by atoms with E-state index in [1.807, 2.05) is 11.7 Å². The molecule has 1 aromatic carbocycles. The maximum Gasteiger partial charge on any atom is 0.0666 e. The Morgan fingerprint density at radius 3 is 2.85 bits per heavy atom. The number of fused-ring (bicyclic) bond motifs is 1. The van der Waals surface area contributed by atoms with Gasteiger partial charge >= 0.3 is 0 Å². The standard InChI is InChI=1S/C16H22N4/c1-3-15-11(10-20(2)19-15)9-18-16-8-14(17)12-6-4-5-7-13(12)16/h4-7,10,14,16,18H,3,8-9,17H2,1-2H3. The number of nitrogens with zero attached hydrogens (tertiary/aromatic N) is 2. The molecule has 0 saturated heterocycles. The third-order valence-corrected chi connectivity index (χ3v) is 4.13. The molecule has 3 rings (SSSR count). The number of rotatable bonds is 4. The summed E-state index contributed by atoms with van der Waals surface area (Å²) >= 11 is 0. The molecule has 20 heavy (non-hydrogen) atoms. The lowest BCUT2D eigenvalue weighted by Crippen LogP contribution is -2.20. The predicted molar refractivity (Wildman–Crippen MR) is 80.2 cm³/mol. The van der Waals surface area contributed by atoms with Gasteiger partial charge in [-0.3, -0.25) is 4.68 Å².